The topological polar surface area (TPSA) is 69.7 Å². The highest BCUT2D eigenvalue weighted by Gasteiger charge is 2.28. The van der Waals surface area contributed by atoms with Gasteiger partial charge in [-0.15, -0.1) is 0 Å². The number of nitrogens with one attached hydrogen (secondary N) is 2. The molecule has 0 spiro atoms. The highest BCUT2D eigenvalue weighted by atomic mass is 32.2. The van der Waals surface area contributed by atoms with Crippen molar-refractivity contribution in [3.05, 3.63) is 114 Å². The van der Waals surface area contributed by atoms with Gasteiger partial charge in [0.25, 0.3) is 0 Å². The molecule has 0 radical (unpaired) electrons. The molecule has 1 unspecified atom stereocenters. The van der Waals surface area contributed by atoms with Gasteiger partial charge in [0.05, 0.1) is 29.3 Å². The molecule has 3 heterocycles. The Labute approximate surface area is 215 Å². The smallest absolute Gasteiger partial charge is 0.121 e. The maximum atomic E-state index is 4.88. The largest absolute Gasteiger partial charge is 0.341 e. The molecular formula is C29H28N6S. The molecule has 1 aliphatic rings. The molecule has 7 heteroatoms. The van der Waals surface area contributed by atoms with Crippen LogP contribution in [0.5, 0.6) is 0 Å². The molecule has 1 aliphatic carbocycles. The summed E-state index contributed by atoms with van der Waals surface area (Å²) in [6.07, 6.45) is 7.11. The minimum atomic E-state index is 0.265. The van der Waals surface area contributed by atoms with Crippen molar-refractivity contribution >= 4 is 28.7 Å². The van der Waals surface area contributed by atoms with Crippen LogP contribution in [0.4, 0.5) is 5.69 Å². The maximum Gasteiger partial charge on any atom is 0.121 e. The van der Waals surface area contributed by atoms with Crippen LogP contribution in [0.2, 0.25) is 0 Å². The SMILES string of the molecule is c1ccc(SNc2ccc(CN(Cc3nc4ccccc4[nH]3)C3CCCc4cccnc43)cc2)nc1. The number of imidazole rings is 1. The molecule has 180 valence electrons. The number of anilines is 1. The zero-order chi connectivity index (χ0) is 24.2. The van der Waals surface area contributed by atoms with Crippen LogP contribution < -0.4 is 4.72 Å². The van der Waals surface area contributed by atoms with Gasteiger partial charge >= 0.3 is 0 Å². The van der Waals surface area contributed by atoms with Crippen LogP contribution in [0, 0.1) is 0 Å². The number of aryl methyl sites for hydroxylation is 1. The molecule has 6 rings (SSSR count). The summed E-state index contributed by atoms with van der Waals surface area (Å²) in [6.45, 7) is 1.57. The molecule has 2 aromatic carbocycles. The van der Waals surface area contributed by atoms with Gasteiger partial charge in [-0.3, -0.25) is 9.88 Å². The van der Waals surface area contributed by atoms with Gasteiger partial charge in [-0.25, -0.2) is 9.97 Å². The molecule has 5 aromatic rings. The van der Waals surface area contributed by atoms with Gasteiger partial charge < -0.3 is 9.71 Å². The number of nitrogens with zero attached hydrogens (tertiary/aromatic N) is 4. The Morgan fingerprint density at radius 1 is 0.889 bits per heavy atom. The third kappa shape index (κ3) is 5.12. The predicted octanol–water partition coefficient (Wildman–Crippen LogP) is 6.55. The first-order chi connectivity index (χ1) is 17.8. The highest BCUT2D eigenvalue weighted by molar-refractivity contribution is 8.00. The number of aromatic nitrogens is 4. The van der Waals surface area contributed by atoms with Crippen LogP contribution in [0.15, 0.2) is 96.3 Å². The second-order valence-corrected chi connectivity index (χ2v) is 9.96. The molecule has 6 nitrogen and oxygen atoms in total. The van der Waals surface area contributed by atoms with Crippen LogP contribution >= 0.6 is 11.9 Å². The maximum absolute atomic E-state index is 4.88. The van der Waals surface area contributed by atoms with Crippen LogP contribution in [0.3, 0.4) is 0 Å². The van der Waals surface area contributed by atoms with Gasteiger partial charge in [0.15, 0.2) is 0 Å². The molecule has 2 N–H and O–H groups in total. The molecule has 0 aliphatic heterocycles. The van der Waals surface area contributed by atoms with Gasteiger partial charge in [-0.2, -0.15) is 0 Å². The van der Waals surface area contributed by atoms with Crippen molar-refractivity contribution in [2.75, 3.05) is 4.72 Å². The monoisotopic (exact) mass is 492 g/mol. The molecule has 0 amide bonds. The quantitative estimate of drug-likeness (QED) is 0.239. The lowest BCUT2D eigenvalue weighted by Crippen LogP contribution is -2.31. The van der Waals surface area contributed by atoms with Crippen LogP contribution in [-0.2, 0) is 19.5 Å². The van der Waals surface area contributed by atoms with Gasteiger partial charge in [-0.1, -0.05) is 36.4 Å². The third-order valence-corrected chi connectivity index (χ3v) is 7.44. The number of H-pyrrole nitrogens is 1. The fourth-order valence-corrected chi connectivity index (χ4v) is 5.54. The first kappa shape index (κ1) is 22.8. The van der Waals surface area contributed by atoms with Gasteiger partial charge in [0.2, 0.25) is 0 Å². The van der Waals surface area contributed by atoms with E-state index in [-0.39, 0.29) is 6.04 Å². The number of para-hydroxylation sites is 2. The summed E-state index contributed by atoms with van der Waals surface area (Å²) in [7, 11) is 0. The lowest BCUT2D eigenvalue weighted by atomic mass is 9.90. The number of aromatic amines is 1. The summed E-state index contributed by atoms with van der Waals surface area (Å²) in [5, 5.41) is 0.946. The molecular weight excluding hydrogens is 464 g/mol. The lowest BCUT2D eigenvalue weighted by molar-refractivity contribution is 0.153. The Balaban J connectivity index is 1.23. The fraction of sp³-hybridized carbons (Fsp3) is 0.207. The summed E-state index contributed by atoms with van der Waals surface area (Å²) in [5.74, 6) is 0.990. The van der Waals surface area contributed by atoms with E-state index in [4.69, 9.17) is 9.97 Å². The normalized spacial score (nSPS) is 15.2. The summed E-state index contributed by atoms with van der Waals surface area (Å²) in [5.41, 5.74) is 7.00. The molecule has 1 atom stereocenters. The number of fused-ring (bicyclic) bond motifs is 2. The van der Waals surface area contributed by atoms with E-state index >= 15 is 0 Å². The van der Waals surface area contributed by atoms with E-state index in [0.717, 1.165) is 53.5 Å². The second kappa shape index (κ2) is 10.5. The number of rotatable bonds is 8. The average molecular weight is 493 g/mol. The molecule has 0 saturated heterocycles. The Hall–Kier alpha value is -3.68. The second-order valence-electron chi connectivity index (χ2n) is 9.13. The first-order valence-corrected chi connectivity index (χ1v) is 13.2. The summed E-state index contributed by atoms with van der Waals surface area (Å²) >= 11 is 1.52. The first-order valence-electron chi connectivity index (χ1n) is 12.4. The molecule has 0 saturated carbocycles. The molecule has 0 fully saturated rings. The van der Waals surface area contributed by atoms with Gasteiger partial charge in [0.1, 0.15) is 10.9 Å². The van der Waals surface area contributed by atoms with E-state index in [1.165, 1.54) is 35.2 Å². The number of hydrogen-bond donors (Lipinski definition) is 2. The average Bonchev–Trinajstić information content (AvgIpc) is 3.35. The molecule has 0 bridgehead atoms. The van der Waals surface area contributed by atoms with Crippen LogP contribution in [0.25, 0.3) is 11.0 Å². The van der Waals surface area contributed by atoms with Crippen molar-refractivity contribution in [3.8, 4) is 0 Å². The van der Waals surface area contributed by atoms with Gasteiger partial charge in [-0.05, 0) is 72.9 Å². The van der Waals surface area contributed by atoms with Crippen molar-refractivity contribution in [2.24, 2.45) is 0 Å². The Morgan fingerprint density at radius 3 is 2.61 bits per heavy atom. The van der Waals surface area contributed by atoms with E-state index in [2.05, 4.69) is 68.1 Å². The van der Waals surface area contributed by atoms with Crippen molar-refractivity contribution < 1.29 is 0 Å². The fourth-order valence-electron chi connectivity index (χ4n) is 4.92. The van der Waals surface area contributed by atoms with Crippen molar-refractivity contribution in [1.82, 2.24) is 24.8 Å². The standard InChI is InChI=1S/C29H28N6S/c1-2-10-25-24(9-1)32-27(33-25)20-35(26-11-5-7-22-8-6-18-31-29(22)26)19-21-13-15-23(16-14-21)34-36-28-12-3-4-17-30-28/h1-4,6,8-10,12-18,26,34H,5,7,11,19-20H2,(H,32,33). The van der Waals surface area contributed by atoms with Crippen molar-refractivity contribution in [1.29, 1.82) is 0 Å². The van der Waals surface area contributed by atoms with E-state index in [1.54, 1.807) is 0 Å². The predicted molar refractivity (Wildman–Crippen MR) is 145 cm³/mol. The number of hydrogen-bond acceptors (Lipinski definition) is 6. The summed E-state index contributed by atoms with van der Waals surface area (Å²) < 4.78 is 3.39. The Morgan fingerprint density at radius 2 is 1.75 bits per heavy atom. The van der Waals surface area contributed by atoms with Crippen molar-refractivity contribution in [3.63, 3.8) is 0 Å². The lowest BCUT2D eigenvalue weighted by Gasteiger charge is -2.34. The molecule has 3 aromatic heterocycles. The van der Waals surface area contributed by atoms with Crippen LogP contribution in [0.1, 0.15) is 41.5 Å². The number of benzene rings is 2. The van der Waals surface area contributed by atoms with Gasteiger partial charge in [0, 0.05) is 36.6 Å². The van der Waals surface area contributed by atoms with E-state index in [0.29, 0.717) is 0 Å². The zero-order valence-corrected chi connectivity index (χ0v) is 20.8. The number of pyridine rings is 2. The van der Waals surface area contributed by atoms with E-state index in [9.17, 15) is 0 Å². The minimum Gasteiger partial charge on any atom is -0.341 e. The van der Waals surface area contributed by atoms with Crippen LogP contribution in [-0.4, -0.2) is 24.8 Å². The molecule has 36 heavy (non-hydrogen) atoms. The highest BCUT2D eigenvalue weighted by Crippen LogP contribution is 2.35. The Bertz CT molecular complexity index is 1400. The minimum absolute atomic E-state index is 0.265. The third-order valence-electron chi connectivity index (χ3n) is 6.65. The van der Waals surface area contributed by atoms with E-state index < -0.39 is 0 Å². The Kier molecular flexibility index (Phi) is 6.65. The van der Waals surface area contributed by atoms with E-state index in [1.807, 2.05) is 42.7 Å². The van der Waals surface area contributed by atoms with Crippen molar-refractivity contribution in [2.45, 2.75) is 43.4 Å². The zero-order valence-electron chi connectivity index (χ0n) is 20.0. The summed E-state index contributed by atoms with van der Waals surface area (Å²) in [4.78, 5) is 20.1. The summed E-state index contributed by atoms with van der Waals surface area (Å²) in [6, 6.07) is 27.4.